The van der Waals surface area contributed by atoms with Gasteiger partial charge < -0.3 is 20.9 Å². The van der Waals surface area contributed by atoms with E-state index in [1.54, 1.807) is 6.07 Å². The van der Waals surface area contributed by atoms with Crippen LogP contribution >= 0.6 is 0 Å². The minimum absolute atomic E-state index is 0.0894. The van der Waals surface area contributed by atoms with Crippen LogP contribution < -0.4 is 11.1 Å². The number of amides is 1. The summed E-state index contributed by atoms with van der Waals surface area (Å²) < 4.78 is 0. The lowest BCUT2D eigenvalue weighted by atomic mass is 10.0. The summed E-state index contributed by atoms with van der Waals surface area (Å²) in [5.74, 6) is 1.01. The topological polar surface area (TPSA) is 88.6 Å². The maximum Gasteiger partial charge on any atom is 0.252 e. The molecule has 1 amide bonds. The van der Waals surface area contributed by atoms with E-state index in [1.165, 1.54) is 0 Å². The highest BCUT2D eigenvalue weighted by molar-refractivity contribution is 5.85. The minimum atomic E-state index is -0.185. The highest BCUT2D eigenvalue weighted by Crippen LogP contribution is 2.27. The van der Waals surface area contributed by atoms with Gasteiger partial charge in [-0.25, -0.2) is 0 Å². The predicted octanol–water partition coefficient (Wildman–Crippen LogP) is 0.396. The van der Waals surface area contributed by atoms with Crippen molar-refractivity contribution in [3.05, 3.63) is 47.4 Å². The number of likely N-dealkylation sites (tertiary alicyclic amines) is 1. The Morgan fingerprint density at radius 2 is 2.15 bits per heavy atom. The number of piperidine rings is 1. The third-order valence-corrected chi connectivity index (χ3v) is 5.64. The van der Waals surface area contributed by atoms with Gasteiger partial charge in [0.2, 0.25) is 0 Å². The van der Waals surface area contributed by atoms with E-state index in [4.69, 9.17) is 5.73 Å². The largest absolute Gasteiger partial charge is 0.360 e. The van der Waals surface area contributed by atoms with Gasteiger partial charge >= 0.3 is 0 Å². The van der Waals surface area contributed by atoms with E-state index >= 15 is 0 Å². The fourth-order valence-electron chi connectivity index (χ4n) is 4.18. The minimum Gasteiger partial charge on any atom is -0.360 e. The van der Waals surface area contributed by atoms with Gasteiger partial charge in [0.05, 0.1) is 18.2 Å². The molecule has 27 heavy (non-hydrogen) atoms. The Labute approximate surface area is 160 Å². The van der Waals surface area contributed by atoms with Gasteiger partial charge in [-0.1, -0.05) is 18.2 Å². The average Bonchev–Trinajstić information content (AvgIpc) is 2.70. The normalized spacial score (nSPS) is 25.7. The molecule has 2 atom stereocenters. The first-order valence-electron chi connectivity index (χ1n) is 9.65. The molecule has 0 bridgehead atoms. The summed E-state index contributed by atoms with van der Waals surface area (Å²) in [6, 6.07) is 9.69. The molecule has 7 nitrogen and oxygen atoms in total. The molecular formula is C20H26N6O. The van der Waals surface area contributed by atoms with Crippen LogP contribution in [0.3, 0.4) is 0 Å². The van der Waals surface area contributed by atoms with Crippen LogP contribution in [0, 0.1) is 11.3 Å². The molecule has 0 radical (unpaired) electrons. The first-order chi connectivity index (χ1) is 13.2. The summed E-state index contributed by atoms with van der Waals surface area (Å²) in [6.07, 6.45) is 4.17. The molecule has 3 aliphatic rings. The molecule has 7 heteroatoms. The van der Waals surface area contributed by atoms with Crippen molar-refractivity contribution < 1.29 is 4.79 Å². The van der Waals surface area contributed by atoms with E-state index in [9.17, 15) is 10.1 Å². The number of hydrogen-bond donors (Lipinski definition) is 2. The van der Waals surface area contributed by atoms with E-state index in [2.05, 4.69) is 27.4 Å². The fourth-order valence-corrected chi connectivity index (χ4v) is 4.18. The van der Waals surface area contributed by atoms with Crippen molar-refractivity contribution in [1.29, 1.82) is 5.26 Å². The predicted molar refractivity (Wildman–Crippen MR) is 102 cm³/mol. The molecule has 0 saturated carbocycles. The quantitative estimate of drug-likeness (QED) is 0.805. The van der Waals surface area contributed by atoms with Gasteiger partial charge in [-0.15, -0.1) is 0 Å². The van der Waals surface area contributed by atoms with Crippen LogP contribution in [0.5, 0.6) is 0 Å². The first kappa shape index (κ1) is 17.8. The lowest BCUT2D eigenvalue weighted by Crippen LogP contribution is -2.61. The van der Waals surface area contributed by atoms with Gasteiger partial charge in [-0.3, -0.25) is 9.69 Å². The summed E-state index contributed by atoms with van der Waals surface area (Å²) >= 11 is 0. The molecule has 4 rings (SSSR count). The van der Waals surface area contributed by atoms with E-state index < -0.39 is 0 Å². The smallest absolute Gasteiger partial charge is 0.252 e. The van der Waals surface area contributed by atoms with Crippen molar-refractivity contribution in [2.24, 2.45) is 5.73 Å². The molecule has 0 spiro atoms. The summed E-state index contributed by atoms with van der Waals surface area (Å²) in [7, 11) is 0. The van der Waals surface area contributed by atoms with Crippen LogP contribution in [0.15, 0.2) is 36.3 Å². The lowest BCUT2D eigenvalue weighted by molar-refractivity contribution is -0.138. The molecule has 0 aliphatic carbocycles. The Morgan fingerprint density at radius 3 is 2.96 bits per heavy atom. The van der Waals surface area contributed by atoms with Crippen LogP contribution in [0.1, 0.15) is 24.0 Å². The summed E-state index contributed by atoms with van der Waals surface area (Å²) in [5.41, 5.74) is 7.69. The van der Waals surface area contributed by atoms with Gasteiger partial charge in [0.15, 0.2) is 0 Å². The number of hydrogen-bond acceptors (Lipinski definition) is 6. The maximum atomic E-state index is 13.4. The molecule has 0 aromatic heterocycles. The molecule has 1 aromatic rings. The third-order valence-electron chi connectivity index (χ3n) is 5.64. The first-order valence-corrected chi connectivity index (χ1v) is 9.65. The van der Waals surface area contributed by atoms with E-state index in [-0.39, 0.29) is 18.0 Å². The molecule has 3 N–H and O–H groups in total. The zero-order chi connectivity index (χ0) is 18.8. The van der Waals surface area contributed by atoms with Crippen molar-refractivity contribution >= 4 is 5.91 Å². The Hall–Kier alpha value is -2.56. The number of rotatable bonds is 3. The Balaban J connectivity index is 1.68. The maximum absolute atomic E-state index is 13.4. The summed E-state index contributed by atoms with van der Waals surface area (Å²) in [4.78, 5) is 19.6. The van der Waals surface area contributed by atoms with Crippen molar-refractivity contribution in [1.82, 2.24) is 20.0 Å². The average molecular weight is 366 g/mol. The second-order valence-corrected chi connectivity index (χ2v) is 7.49. The number of nitrogens with zero attached hydrogens (tertiary/aromatic N) is 4. The highest BCUT2D eigenvalue weighted by atomic mass is 16.2. The number of carbonyl (C=O) groups excluding carboxylic acids is 1. The van der Waals surface area contributed by atoms with Crippen molar-refractivity contribution in [2.45, 2.75) is 31.5 Å². The number of nitriles is 1. The summed E-state index contributed by atoms with van der Waals surface area (Å²) in [6.45, 7) is 4.42. The van der Waals surface area contributed by atoms with Gasteiger partial charge in [-0.05, 0) is 24.5 Å². The van der Waals surface area contributed by atoms with Gasteiger partial charge in [-0.2, -0.15) is 5.26 Å². The van der Waals surface area contributed by atoms with Crippen LogP contribution in [-0.2, 0) is 11.3 Å². The van der Waals surface area contributed by atoms with Gasteiger partial charge in [0, 0.05) is 45.0 Å². The number of carbonyl (C=O) groups is 1. The molecule has 142 valence electrons. The van der Waals surface area contributed by atoms with E-state index in [1.807, 2.05) is 23.1 Å². The molecule has 1 unspecified atom stereocenters. The van der Waals surface area contributed by atoms with Crippen molar-refractivity contribution in [3.63, 3.8) is 0 Å². The Morgan fingerprint density at radius 1 is 1.30 bits per heavy atom. The van der Waals surface area contributed by atoms with Gasteiger partial charge in [0.1, 0.15) is 11.9 Å². The van der Waals surface area contributed by atoms with Gasteiger partial charge in [0.25, 0.3) is 5.91 Å². The number of piperazine rings is 1. The highest BCUT2D eigenvalue weighted by Gasteiger charge is 2.39. The van der Waals surface area contributed by atoms with Crippen molar-refractivity contribution in [2.75, 3.05) is 32.7 Å². The Bertz CT molecular complexity index is 785. The van der Waals surface area contributed by atoms with Crippen LogP contribution in [-0.4, -0.2) is 65.4 Å². The molecule has 3 heterocycles. The number of nitrogens with two attached hydrogens (primary N) is 1. The zero-order valence-corrected chi connectivity index (χ0v) is 15.5. The molecule has 3 aliphatic heterocycles. The van der Waals surface area contributed by atoms with Crippen LogP contribution in [0.2, 0.25) is 0 Å². The second-order valence-electron chi connectivity index (χ2n) is 7.49. The molecule has 2 saturated heterocycles. The fraction of sp³-hybridized carbons (Fsp3) is 0.500. The number of nitrogens with one attached hydrogen (secondary N) is 1. The monoisotopic (exact) mass is 366 g/mol. The zero-order valence-electron chi connectivity index (χ0n) is 15.5. The number of benzene rings is 1. The van der Waals surface area contributed by atoms with Crippen LogP contribution in [0.25, 0.3) is 0 Å². The van der Waals surface area contributed by atoms with Crippen molar-refractivity contribution in [3.8, 4) is 6.07 Å². The van der Waals surface area contributed by atoms with Crippen LogP contribution in [0.4, 0.5) is 0 Å². The second kappa shape index (κ2) is 7.59. The third kappa shape index (κ3) is 3.51. The molecular weight excluding hydrogens is 340 g/mol. The molecule has 2 fully saturated rings. The standard InChI is InChI=1S/C20H26N6O/c21-10-15-4-1-2-5-16(15)12-26-19(25-8-3-6-17(22)13-25)14-24-9-7-23-11-18(24)20(26)27/h1-2,4-5,14,17-18,23H,3,6-9,11-13,22H2/t17-,18?/m1/s1. The number of fused-ring (bicyclic) bond motifs is 1. The lowest BCUT2D eigenvalue weighted by Gasteiger charge is -2.47. The van der Waals surface area contributed by atoms with E-state index in [0.717, 1.165) is 50.4 Å². The SMILES string of the molecule is N#Cc1ccccc1CN1C(=O)C2CNCCN2C=C1N1CCC[C@@H](N)C1. The summed E-state index contributed by atoms with van der Waals surface area (Å²) in [5, 5.41) is 12.8. The molecule has 1 aromatic carbocycles. The van der Waals surface area contributed by atoms with E-state index in [0.29, 0.717) is 18.7 Å². The Kier molecular flexibility index (Phi) is 5.01.